The van der Waals surface area contributed by atoms with Crippen LogP contribution in [0.3, 0.4) is 0 Å². The molecule has 0 N–H and O–H groups in total. The number of aryl methyl sites for hydroxylation is 1. The van der Waals surface area contributed by atoms with Crippen molar-refractivity contribution in [2.24, 2.45) is 7.05 Å². The molecule has 152 valence electrons. The summed E-state index contributed by atoms with van der Waals surface area (Å²) in [6.07, 6.45) is 2.86. The molecular weight excluding hydrogens is 366 g/mol. The Kier molecular flexibility index (Phi) is 5.07. The highest BCUT2D eigenvalue weighted by Gasteiger charge is 2.29. The first-order chi connectivity index (χ1) is 13.5. The molecule has 2 aromatic rings. The second-order valence-corrected chi connectivity index (χ2v) is 7.33. The van der Waals surface area contributed by atoms with E-state index in [1.165, 1.54) is 11.7 Å². The Morgan fingerprint density at radius 2 is 2.11 bits per heavy atom. The fourth-order valence-corrected chi connectivity index (χ4v) is 3.94. The predicted octanol–water partition coefficient (Wildman–Crippen LogP) is 0.351. The number of likely N-dealkylation sites (tertiary alicyclic amines) is 1. The molecular formula is C18H25N5O5. The van der Waals surface area contributed by atoms with Crippen LogP contribution in [0.4, 0.5) is 0 Å². The molecule has 0 spiro atoms. The van der Waals surface area contributed by atoms with Crippen molar-refractivity contribution in [2.75, 3.05) is 40.5 Å². The smallest absolute Gasteiger partial charge is 0.376 e. The number of nitrogens with zero attached hydrogens (tertiary/aromatic N) is 5. The van der Waals surface area contributed by atoms with E-state index in [1.807, 2.05) is 0 Å². The van der Waals surface area contributed by atoms with Gasteiger partial charge in [0.2, 0.25) is 11.7 Å². The summed E-state index contributed by atoms with van der Waals surface area (Å²) in [5.74, 6) is -0.568. The molecule has 2 saturated heterocycles. The number of fused-ring (bicyclic) bond motifs is 1. The summed E-state index contributed by atoms with van der Waals surface area (Å²) in [4.78, 5) is 35.9. The quantitative estimate of drug-likeness (QED) is 0.673. The van der Waals surface area contributed by atoms with Crippen molar-refractivity contribution in [3.8, 4) is 5.88 Å². The van der Waals surface area contributed by atoms with Crippen LogP contribution in [0.15, 0.2) is 4.79 Å². The molecule has 4 heterocycles. The molecule has 2 aromatic heterocycles. The van der Waals surface area contributed by atoms with Crippen molar-refractivity contribution in [3.63, 3.8) is 0 Å². The fraction of sp³-hybridized carbons (Fsp3) is 0.667. The largest absolute Gasteiger partial charge is 0.474 e. The number of aromatic nitrogens is 4. The maximum atomic E-state index is 12.9. The van der Waals surface area contributed by atoms with Gasteiger partial charge < -0.3 is 19.1 Å². The lowest BCUT2D eigenvalue weighted by Gasteiger charge is -2.19. The Hall–Kier alpha value is -2.46. The third-order valence-electron chi connectivity index (χ3n) is 5.61. The van der Waals surface area contributed by atoms with E-state index in [0.29, 0.717) is 37.4 Å². The van der Waals surface area contributed by atoms with Gasteiger partial charge in [-0.3, -0.25) is 9.13 Å². The van der Waals surface area contributed by atoms with Crippen LogP contribution in [0.5, 0.6) is 5.88 Å². The van der Waals surface area contributed by atoms with Crippen molar-refractivity contribution in [3.05, 3.63) is 16.3 Å². The Morgan fingerprint density at radius 3 is 2.75 bits per heavy atom. The molecule has 1 unspecified atom stereocenters. The number of carbonyl (C=O) groups excluding carboxylic acids is 1. The monoisotopic (exact) mass is 391 g/mol. The van der Waals surface area contributed by atoms with E-state index in [1.54, 1.807) is 11.6 Å². The van der Waals surface area contributed by atoms with Gasteiger partial charge in [-0.05, 0) is 32.9 Å². The van der Waals surface area contributed by atoms with Crippen LogP contribution in [0.25, 0.3) is 11.2 Å². The summed E-state index contributed by atoms with van der Waals surface area (Å²) in [7, 11) is 4.99. The topological polar surface area (TPSA) is 101 Å². The molecule has 0 radical (unpaired) electrons. The van der Waals surface area contributed by atoms with Gasteiger partial charge in [0.1, 0.15) is 6.61 Å². The summed E-state index contributed by atoms with van der Waals surface area (Å²) in [6, 6.07) is 0.138. The van der Waals surface area contributed by atoms with Crippen LogP contribution < -0.4 is 10.4 Å². The molecule has 2 aliphatic heterocycles. The number of esters is 1. The first-order valence-electron chi connectivity index (χ1n) is 9.49. The molecule has 0 bridgehead atoms. The number of hydrogen-bond donors (Lipinski definition) is 0. The zero-order valence-corrected chi connectivity index (χ0v) is 16.4. The fourth-order valence-electron chi connectivity index (χ4n) is 3.94. The van der Waals surface area contributed by atoms with Gasteiger partial charge in [-0.1, -0.05) is 0 Å². The number of imidazole rings is 1. The van der Waals surface area contributed by atoms with Gasteiger partial charge in [-0.25, -0.2) is 14.6 Å². The van der Waals surface area contributed by atoms with Crippen LogP contribution >= 0.6 is 0 Å². The van der Waals surface area contributed by atoms with Gasteiger partial charge in [0.05, 0.1) is 19.8 Å². The molecule has 28 heavy (non-hydrogen) atoms. The number of rotatable bonds is 5. The molecule has 0 saturated carbocycles. The van der Waals surface area contributed by atoms with Crippen molar-refractivity contribution in [1.82, 2.24) is 24.0 Å². The highest BCUT2D eigenvalue weighted by atomic mass is 16.5. The maximum absolute atomic E-state index is 12.9. The number of likely N-dealkylation sites (N-methyl/N-ethyl adjacent to an activating group) is 1. The zero-order valence-electron chi connectivity index (χ0n) is 16.4. The van der Waals surface area contributed by atoms with Gasteiger partial charge >= 0.3 is 11.7 Å². The second-order valence-electron chi connectivity index (χ2n) is 7.33. The van der Waals surface area contributed by atoms with Crippen molar-refractivity contribution in [2.45, 2.75) is 31.3 Å². The normalized spacial score (nSPS) is 22.8. The third-order valence-corrected chi connectivity index (χ3v) is 5.61. The molecule has 2 fully saturated rings. The lowest BCUT2D eigenvalue weighted by molar-refractivity contribution is 0.0585. The summed E-state index contributed by atoms with van der Waals surface area (Å²) in [6.45, 7) is 2.46. The van der Waals surface area contributed by atoms with E-state index in [0.717, 1.165) is 19.4 Å². The summed E-state index contributed by atoms with van der Waals surface area (Å²) < 4.78 is 19.3. The Morgan fingerprint density at radius 1 is 1.29 bits per heavy atom. The Bertz CT molecular complexity index is 946. The first kappa shape index (κ1) is 18.9. The maximum Gasteiger partial charge on any atom is 0.376 e. The molecule has 4 rings (SSSR count). The number of ether oxygens (including phenoxy) is 3. The van der Waals surface area contributed by atoms with Crippen LogP contribution in [0.2, 0.25) is 0 Å². The van der Waals surface area contributed by atoms with Crippen molar-refractivity contribution >= 4 is 17.1 Å². The number of carbonyl (C=O) groups is 1. The minimum atomic E-state index is -0.671. The molecule has 10 nitrogen and oxygen atoms in total. The third kappa shape index (κ3) is 3.16. The average molecular weight is 391 g/mol. The standard InChI is InChI=1S/C18H25N5O5/c1-21-7-4-5-11(21)10-28-16-13-15(19-14(20-16)17(24)26-3)23(18(25)22(13)2)12-6-8-27-9-12/h11-12H,4-10H2,1-3H3/t11-,12?/m0/s1. The van der Waals surface area contributed by atoms with Gasteiger partial charge in [0, 0.05) is 19.7 Å². The molecule has 0 aromatic carbocycles. The molecule has 2 aliphatic rings. The van der Waals surface area contributed by atoms with Crippen LogP contribution in [0.1, 0.15) is 35.9 Å². The zero-order chi connectivity index (χ0) is 19.8. The van der Waals surface area contributed by atoms with Gasteiger partial charge in [0.15, 0.2) is 11.2 Å². The second kappa shape index (κ2) is 7.51. The van der Waals surface area contributed by atoms with Crippen LogP contribution in [-0.4, -0.2) is 76.5 Å². The Labute approximate surface area is 162 Å². The van der Waals surface area contributed by atoms with Gasteiger partial charge in [-0.15, -0.1) is 0 Å². The lowest BCUT2D eigenvalue weighted by Crippen LogP contribution is -2.31. The van der Waals surface area contributed by atoms with Crippen molar-refractivity contribution in [1.29, 1.82) is 0 Å². The van der Waals surface area contributed by atoms with Gasteiger partial charge in [-0.2, -0.15) is 4.98 Å². The Balaban J connectivity index is 1.81. The SMILES string of the molecule is COC(=O)c1nc(OC[C@@H]2CCCN2C)c2c(n1)n(C1CCOC1)c(=O)n2C. The van der Waals surface area contributed by atoms with E-state index in [2.05, 4.69) is 21.9 Å². The highest BCUT2D eigenvalue weighted by Crippen LogP contribution is 2.27. The van der Waals surface area contributed by atoms with E-state index in [9.17, 15) is 9.59 Å². The molecule has 0 aliphatic carbocycles. The first-order valence-corrected chi connectivity index (χ1v) is 9.49. The summed E-state index contributed by atoms with van der Waals surface area (Å²) in [5, 5.41) is 0. The highest BCUT2D eigenvalue weighted by molar-refractivity contribution is 5.89. The summed E-state index contributed by atoms with van der Waals surface area (Å²) in [5.41, 5.74) is 0.614. The van der Waals surface area contributed by atoms with Crippen molar-refractivity contribution < 1.29 is 19.0 Å². The summed E-state index contributed by atoms with van der Waals surface area (Å²) >= 11 is 0. The van der Waals surface area contributed by atoms with Gasteiger partial charge in [0.25, 0.3) is 0 Å². The van der Waals surface area contributed by atoms with E-state index in [-0.39, 0.29) is 29.5 Å². The molecule has 0 amide bonds. The lowest BCUT2D eigenvalue weighted by atomic mass is 10.2. The molecule has 10 heteroatoms. The minimum absolute atomic E-state index is 0.122. The van der Waals surface area contributed by atoms with E-state index < -0.39 is 5.97 Å². The number of hydrogen-bond acceptors (Lipinski definition) is 8. The van der Waals surface area contributed by atoms with Crippen LogP contribution in [0, 0.1) is 0 Å². The van der Waals surface area contributed by atoms with E-state index in [4.69, 9.17) is 14.2 Å². The molecule has 2 atom stereocenters. The predicted molar refractivity (Wildman–Crippen MR) is 99.7 cm³/mol. The van der Waals surface area contributed by atoms with Crippen LogP contribution in [-0.2, 0) is 16.5 Å². The minimum Gasteiger partial charge on any atom is -0.474 e. The number of methoxy groups -OCH3 is 1. The average Bonchev–Trinajstić information content (AvgIpc) is 3.41. The van der Waals surface area contributed by atoms with E-state index >= 15 is 0 Å².